The predicted molar refractivity (Wildman–Crippen MR) is 99.5 cm³/mol. The summed E-state index contributed by atoms with van der Waals surface area (Å²) in [4.78, 5) is 22.7. The number of nitrogens with one attached hydrogen (secondary N) is 3. The Labute approximate surface area is 145 Å². The smallest absolute Gasteiger partial charge is 0.224 e. The lowest BCUT2D eigenvalue weighted by Gasteiger charge is -2.05. The molecule has 2 heterocycles. The molecular formula is C20H20N4O. The van der Waals surface area contributed by atoms with Crippen molar-refractivity contribution in [3.8, 4) is 0 Å². The number of carbonyl (C=O) groups is 1. The Morgan fingerprint density at radius 1 is 1.12 bits per heavy atom. The van der Waals surface area contributed by atoms with Crippen molar-refractivity contribution in [2.75, 3.05) is 6.54 Å². The van der Waals surface area contributed by atoms with Crippen molar-refractivity contribution in [1.82, 2.24) is 20.3 Å². The van der Waals surface area contributed by atoms with Gasteiger partial charge in [-0.05, 0) is 48.7 Å². The van der Waals surface area contributed by atoms with E-state index in [1.54, 1.807) is 6.33 Å². The first-order valence-corrected chi connectivity index (χ1v) is 8.44. The van der Waals surface area contributed by atoms with Gasteiger partial charge in [0.05, 0.1) is 23.8 Å². The maximum atomic E-state index is 12.2. The minimum Gasteiger partial charge on any atom is -0.361 e. The van der Waals surface area contributed by atoms with Crippen molar-refractivity contribution in [1.29, 1.82) is 0 Å². The Morgan fingerprint density at radius 2 is 2.04 bits per heavy atom. The zero-order chi connectivity index (χ0) is 17.2. The molecule has 5 nitrogen and oxygen atoms in total. The lowest BCUT2D eigenvalue weighted by Crippen LogP contribution is -2.27. The molecule has 4 aromatic rings. The van der Waals surface area contributed by atoms with E-state index in [9.17, 15) is 4.79 Å². The Morgan fingerprint density at radius 3 is 2.96 bits per heavy atom. The number of carbonyl (C=O) groups excluding carboxylic acids is 1. The lowest BCUT2D eigenvalue weighted by atomic mass is 10.1. The van der Waals surface area contributed by atoms with Crippen molar-refractivity contribution in [2.45, 2.75) is 19.8 Å². The minimum atomic E-state index is 0.0369. The summed E-state index contributed by atoms with van der Waals surface area (Å²) in [5.74, 6) is 0.0369. The quantitative estimate of drug-likeness (QED) is 0.525. The number of aromatic nitrogens is 3. The Hall–Kier alpha value is -3.08. The second-order valence-electron chi connectivity index (χ2n) is 6.39. The first kappa shape index (κ1) is 15.4. The SMILES string of the molecule is Cc1ccc2[nH]cc(CCNC(=O)Cc3ccc4nc[nH]c4c3)c2c1. The molecule has 0 aliphatic carbocycles. The van der Waals surface area contributed by atoms with Crippen LogP contribution in [0.1, 0.15) is 16.7 Å². The number of benzene rings is 2. The van der Waals surface area contributed by atoms with Crippen LogP contribution in [0.5, 0.6) is 0 Å². The number of amides is 1. The van der Waals surface area contributed by atoms with Crippen molar-refractivity contribution in [2.24, 2.45) is 0 Å². The Balaban J connectivity index is 1.35. The molecule has 0 aliphatic rings. The molecule has 0 saturated heterocycles. The van der Waals surface area contributed by atoms with Gasteiger partial charge in [-0.1, -0.05) is 17.7 Å². The number of nitrogens with zero attached hydrogens (tertiary/aromatic N) is 1. The monoisotopic (exact) mass is 332 g/mol. The first-order valence-electron chi connectivity index (χ1n) is 8.44. The normalized spacial score (nSPS) is 11.2. The van der Waals surface area contributed by atoms with E-state index >= 15 is 0 Å². The molecule has 0 bridgehead atoms. The van der Waals surface area contributed by atoms with Crippen molar-refractivity contribution in [3.05, 3.63) is 65.6 Å². The number of aryl methyl sites for hydroxylation is 1. The summed E-state index contributed by atoms with van der Waals surface area (Å²) in [5.41, 5.74) is 6.47. The van der Waals surface area contributed by atoms with Crippen molar-refractivity contribution >= 4 is 27.8 Å². The molecule has 0 spiro atoms. The van der Waals surface area contributed by atoms with Gasteiger partial charge in [-0.15, -0.1) is 0 Å². The van der Waals surface area contributed by atoms with Crippen LogP contribution in [-0.2, 0) is 17.6 Å². The highest BCUT2D eigenvalue weighted by molar-refractivity contribution is 5.84. The van der Waals surface area contributed by atoms with E-state index in [2.05, 4.69) is 45.4 Å². The summed E-state index contributed by atoms with van der Waals surface area (Å²) in [6.45, 7) is 2.72. The minimum absolute atomic E-state index is 0.0369. The van der Waals surface area contributed by atoms with Crippen LogP contribution in [0.3, 0.4) is 0 Å². The summed E-state index contributed by atoms with van der Waals surface area (Å²) < 4.78 is 0. The number of hydrogen-bond acceptors (Lipinski definition) is 2. The number of fused-ring (bicyclic) bond motifs is 2. The largest absolute Gasteiger partial charge is 0.361 e. The highest BCUT2D eigenvalue weighted by atomic mass is 16.1. The van der Waals surface area contributed by atoms with Crippen LogP contribution in [0.25, 0.3) is 21.9 Å². The third kappa shape index (κ3) is 3.26. The van der Waals surface area contributed by atoms with E-state index < -0.39 is 0 Å². The molecule has 0 aliphatic heterocycles. The van der Waals surface area contributed by atoms with Crippen LogP contribution in [0.2, 0.25) is 0 Å². The molecule has 2 aromatic carbocycles. The number of imidazole rings is 1. The highest BCUT2D eigenvalue weighted by Crippen LogP contribution is 2.19. The summed E-state index contributed by atoms with van der Waals surface area (Å²) >= 11 is 0. The molecule has 0 atom stereocenters. The number of hydrogen-bond donors (Lipinski definition) is 3. The molecule has 1 amide bonds. The zero-order valence-electron chi connectivity index (χ0n) is 14.1. The highest BCUT2D eigenvalue weighted by Gasteiger charge is 2.07. The van der Waals surface area contributed by atoms with E-state index in [0.717, 1.165) is 28.5 Å². The van der Waals surface area contributed by atoms with Crippen LogP contribution >= 0.6 is 0 Å². The second-order valence-corrected chi connectivity index (χ2v) is 6.39. The van der Waals surface area contributed by atoms with Gasteiger partial charge in [-0.3, -0.25) is 4.79 Å². The van der Waals surface area contributed by atoms with Gasteiger partial charge >= 0.3 is 0 Å². The van der Waals surface area contributed by atoms with Gasteiger partial charge in [0.1, 0.15) is 0 Å². The van der Waals surface area contributed by atoms with Crippen LogP contribution in [-0.4, -0.2) is 27.4 Å². The molecular weight excluding hydrogens is 312 g/mol. The zero-order valence-corrected chi connectivity index (χ0v) is 14.1. The standard InChI is InChI=1S/C20H20N4O/c1-13-2-4-17-16(8-13)15(11-22-17)6-7-21-20(25)10-14-3-5-18-19(9-14)24-12-23-18/h2-5,8-9,11-12,22H,6-7,10H2,1H3,(H,21,25)(H,23,24). The summed E-state index contributed by atoms with van der Waals surface area (Å²) in [7, 11) is 0. The Bertz CT molecular complexity index is 1040. The molecule has 5 heteroatoms. The lowest BCUT2D eigenvalue weighted by molar-refractivity contribution is -0.120. The van der Waals surface area contributed by atoms with Crippen LogP contribution < -0.4 is 5.32 Å². The third-order valence-electron chi connectivity index (χ3n) is 4.49. The first-order chi connectivity index (χ1) is 12.2. The van der Waals surface area contributed by atoms with E-state index in [1.807, 2.05) is 24.4 Å². The topological polar surface area (TPSA) is 73.6 Å². The predicted octanol–water partition coefficient (Wildman–Crippen LogP) is 3.25. The summed E-state index contributed by atoms with van der Waals surface area (Å²) in [6, 6.07) is 12.2. The number of H-pyrrole nitrogens is 2. The fourth-order valence-electron chi connectivity index (χ4n) is 3.18. The number of rotatable bonds is 5. The maximum absolute atomic E-state index is 12.2. The molecule has 0 radical (unpaired) electrons. The second kappa shape index (κ2) is 6.43. The van der Waals surface area contributed by atoms with E-state index in [0.29, 0.717) is 13.0 Å². The molecule has 0 unspecified atom stereocenters. The average molecular weight is 332 g/mol. The molecule has 126 valence electrons. The van der Waals surface area contributed by atoms with Gasteiger partial charge in [0.2, 0.25) is 5.91 Å². The van der Waals surface area contributed by atoms with Crippen molar-refractivity contribution in [3.63, 3.8) is 0 Å². The summed E-state index contributed by atoms with van der Waals surface area (Å²) in [5, 5.41) is 4.25. The van der Waals surface area contributed by atoms with Gasteiger partial charge in [0.25, 0.3) is 0 Å². The Kier molecular flexibility index (Phi) is 3.98. The van der Waals surface area contributed by atoms with Crippen LogP contribution in [0.15, 0.2) is 48.9 Å². The maximum Gasteiger partial charge on any atom is 0.224 e. The van der Waals surface area contributed by atoms with E-state index in [-0.39, 0.29) is 5.91 Å². The molecule has 25 heavy (non-hydrogen) atoms. The van der Waals surface area contributed by atoms with E-state index in [4.69, 9.17) is 0 Å². The van der Waals surface area contributed by atoms with Gasteiger partial charge in [0, 0.05) is 23.6 Å². The number of aromatic amines is 2. The summed E-state index contributed by atoms with van der Waals surface area (Å²) in [6.07, 6.45) is 4.89. The fraction of sp³-hybridized carbons (Fsp3) is 0.200. The van der Waals surface area contributed by atoms with Crippen LogP contribution in [0, 0.1) is 6.92 Å². The molecule has 2 aromatic heterocycles. The molecule has 0 saturated carbocycles. The third-order valence-corrected chi connectivity index (χ3v) is 4.49. The van der Waals surface area contributed by atoms with Gasteiger partial charge in [-0.2, -0.15) is 0 Å². The van der Waals surface area contributed by atoms with Gasteiger partial charge in [-0.25, -0.2) is 4.98 Å². The van der Waals surface area contributed by atoms with Crippen molar-refractivity contribution < 1.29 is 4.79 Å². The fourth-order valence-corrected chi connectivity index (χ4v) is 3.18. The molecule has 3 N–H and O–H groups in total. The van der Waals surface area contributed by atoms with E-state index in [1.165, 1.54) is 16.5 Å². The molecule has 4 rings (SSSR count). The van der Waals surface area contributed by atoms with Gasteiger partial charge in [0.15, 0.2) is 0 Å². The van der Waals surface area contributed by atoms with Gasteiger partial charge < -0.3 is 15.3 Å². The van der Waals surface area contributed by atoms with Crippen LogP contribution in [0.4, 0.5) is 0 Å². The average Bonchev–Trinajstić information content (AvgIpc) is 3.21. The molecule has 0 fully saturated rings.